The maximum Gasteiger partial charge on any atom is 0.328 e. The van der Waals surface area contributed by atoms with E-state index in [9.17, 15) is 9.59 Å². The molecular formula is C17H25N5O4. The number of carboxylic acid groups (broad SMARTS) is 1. The normalized spacial score (nSPS) is 12.3. The van der Waals surface area contributed by atoms with E-state index in [2.05, 4.69) is 39.7 Å². The van der Waals surface area contributed by atoms with Gasteiger partial charge in [0.25, 0.3) is 5.91 Å². The van der Waals surface area contributed by atoms with E-state index in [-0.39, 0.29) is 11.6 Å². The third-order valence-electron chi connectivity index (χ3n) is 4.13. The summed E-state index contributed by atoms with van der Waals surface area (Å²) < 4.78 is 0. The van der Waals surface area contributed by atoms with Gasteiger partial charge in [0.1, 0.15) is 0 Å². The van der Waals surface area contributed by atoms with Crippen LogP contribution in [0.25, 0.3) is 11.0 Å². The lowest BCUT2D eigenvalue weighted by atomic mass is 10.0. The minimum atomic E-state index is -1.38. The standard InChI is InChI=1S/C17H25N5O4/c1-3-5-10(6-4-2)20-14-11-8-19-22-15(11)18-7-12(14)16(24)21-13(9-23)17(25)26/h7-8,10,13,23H,3-6,9H2,1-2H3,(H,21,24)(H,25,26)(H2,18,19,20,22)/t13-/m0/s1. The number of carbonyl (C=O) groups is 2. The Morgan fingerprint density at radius 1 is 1.23 bits per heavy atom. The van der Waals surface area contributed by atoms with Gasteiger partial charge in [0.05, 0.1) is 29.4 Å². The number of nitrogens with zero attached hydrogens (tertiary/aromatic N) is 2. The second-order valence-corrected chi connectivity index (χ2v) is 6.14. The van der Waals surface area contributed by atoms with Crippen LogP contribution in [0.3, 0.4) is 0 Å². The maximum atomic E-state index is 12.6. The summed E-state index contributed by atoms with van der Waals surface area (Å²) in [4.78, 5) is 27.9. The largest absolute Gasteiger partial charge is 0.480 e. The Labute approximate surface area is 151 Å². The molecule has 0 aliphatic carbocycles. The summed E-state index contributed by atoms with van der Waals surface area (Å²) in [6.07, 6.45) is 6.81. The molecule has 1 atom stereocenters. The zero-order valence-corrected chi connectivity index (χ0v) is 15.0. The number of carboxylic acids is 1. The van der Waals surface area contributed by atoms with Crippen molar-refractivity contribution in [2.24, 2.45) is 0 Å². The Bertz CT molecular complexity index is 755. The molecule has 0 aliphatic heterocycles. The van der Waals surface area contributed by atoms with Crippen LogP contribution in [0.1, 0.15) is 49.9 Å². The number of nitrogens with one attached hydrogen (secondary N) is 3. The van der Waals surface area contributed by atoms with Crippen molar-refractivity contribution in [1.82, 2.24) is 20.5 Å². The monoisotopic (exact) mass is 363 g/mol. The zero-order valence-electron chi connectivity index (χ0n) is 15.0. The molecular weight excluding hydrogens is 338 g/mol. The third kappa shape index (κ3) is 4.48. The lowest BCUT2D eigenvalue weighted by Crippen LogP contribution is -2.43. The van der Waals surface area contributed by atoms with Crippen LogP contribution >= 0.6 is 0 Å². The SMILES string of the molecule is CCCC(CCC)Nc1c(C(=O)N[C@@H](CO)C(=O)O)cnc2[nH]ncc12. The summed E-state index contributed by atoms with van der Waals surface area (Å²) in [7, 11) is 0. The number of fused-ring (bicyclic) bond motifs is 1. The number of aliphatic hydroxyl groups is 1. The van der Waals surface area contributed by atoms with Crippen molar-refractivity contribution in [3.63, 3.8) is 0 Å². The van der Waals surface area contributed by atoms with Gasteiger partial charge in [-0.1, -0.05) is 26.7 Å². The number of aliphatic carboxylic acids is 1. The summed E-state index contributed by atoms with van der Waals surface area (Å²) >= 11 is 0. The van der Waals surface area contributed by atoms with Crippen LogP contribution in [-0.4, -0.2) is 56.0 Å². The van der Waals surface area contributed by atoms with E-state index in [1.54, 1.807) is 6.20 Å². The fraction of sp³-hybridized carbons (Fsp3) is 0.529. The Balaban J connectivity index is 2.39. The zero-order chi connectivity index (χ0) is 19.1. The van der Waals surface area contributed by atoms with Gasteiger partial charge in [-0.05, 0) is 12.8 Å². The molecule has 2 aromatic rings. The van der Waals surface area contributed by atoms with Gasteiger partial charge >= 0.3 is 5.97 Å². The van der Waals surface area contributed by atoms with Gasteiger partial charge in [-0.2, -0.15) is 5.10 Å². The molecule has 0 radical (unpaired) electrons. The molecule has 0 spiro atoms. The Kier molecular flexibility index (Phi) is 6.90. The highest BCUT2D eigenvalue weighted by atomic mass is 16.4. The average molecular weight is 363 g/mol. The van der Waals surface area contributed by atoms with Gasteiger partial charge in [0.15, 0.2) is 11.7 Å². The number of aromatic nitrogens is 3. The van der Waals surface area contributed by atoms with E-state index in [1.807, 2.05) is 0 Å². The number of anilines is 1. The van der Waals surface area contributed by atoms with E-state index in [0.29, 0.717) is 16.7 Å². The first-order valence-electron chi connectivity index (χ1n) is 8.74. The predicted molar refractivity (Wildman–Crippen MR) is 97.1 cm³/mol. The highest BCUT2D eigenvalue weighted by molar-refractivity contribution is 6.07. The minimum Gasteiger partial charge on any atom is -0.480 e. The number of amides is 1. The Hall–Kier alpha value is -2.68. The van der Waals surface area contributed by atoms with E-state index in [1.165, 1.54) is 6.20 Å². The number of aromatic amines is 1. The summed E-state index contributed by atoms with van der Waals surface area (Å²) in [6, 6.07) is -1.21. The number of H-pyrrole nitrogens is 1. The van der Waals surface area contributed by atoms with Gasteiger partial charge in [0, 0.05) is 12.2 Å². The number of hydrogen-bond acceptors (Lipinski definition) is 6. The quantitative estimate of drug-likeness (QED) is 0.431. The van der Waals surface area contributed by atoms with Gasteiger partial charge in [-0.15, -0.1) is 0 Å². The summed E-state index contributed by atoms with van der Waals surface area (Å²) in [5.74, 6) is -1.92. The molecule has 0 fully saturated rings. The lowest BCUT2D eigenvalue weighted by molar-refractivity contribution is -0.140. The molecule has 0 aromatic carbocycles. The molecule has 0 saturated heterocycles. The van der Waals surface area contributed by atoms with Crippen LogP contribution in [0, 0.1) is 0 Å². The fourth-order valence-electron chi connectivity index (χ4n) is 2.84. The molecule has 142 valence electrons. The van der Waals surface area contributed by atoms with Crippen LogP contribution in [0.4, 0.5) is 5.69 Å². The molecule has 2 aromatic heterocycles. The number of aliphatic hydroxyl groups excluding tert-OH is 1. The predicted octanol–water partition coefficient (Wildman–Crippen LogP) is 1.51. The van der Waals surface area contributed by atoms with Crippen LogP contribution < -0.4 is 10.6 Å². The molecule has 2 rings (SSSR count). The Morgan fingerprint density at radius 3 is 2.50 bits per heavy atom. The second-order valence-electron chi connectivity index (χ2n) is 6.14. The van der Waals surface area contributed by atoms with Crippen molar-refractivity contribution in [3.8, 4) is 0 Å². The number of hydrogen-bond donors (Lipinski definition) is 5. The fourth-order valence-corrected chi connectivity index (χ4v) is 2.84. The van der Waals surface area contributed by atoms with Crippen molar-refractivity contribution < 1.29 is 19.8 Å². The number of carbonyl (C=O) groups excluding carboxylic acids is 1. The van der Waals surface area contributed by atoms with Crippen molar-refractivity contribution in [2.45, 2.75) is 51.6 Å². The minimum absolute atomic E-state index is 0.171. The average Bonchev–Trinajstić information content (AvgIpc) is 3.09. The summed E-state index contributed by atoms with van der Waals surface area (Å²) in [6.45, 7) is 3.49. The molecule has 2 heterocycles. The van der Waals surface area contributed by atoms with E-state index >= 15 is 0 Å². The summed E-state index contributed by atoms with van der Waals surface area (Å²) in [5.41, 5.74) is 1.32. The van der Waals surface area contributed by atoms with Gasteiger partial charge in [-0.25, -0.2) is 9.78 Å². The molecule has 0 aliphatic rings. The number of pyridine rings is 1. The summed E-state index contributed by atoms with van der Waals surface area (Å²) in [5, 5.41) is 31.3. The van der Waals surface area contributed by atoms with Gasteiger partial charge < -0.3 is 20.8 Å². The third-order valence-corrected chi connectivity index (χ3v) is 4.13. The number of rotatable bonds is 10. The molecule has 5 N–H and O–H groups in total. The molecule has 1 amide bonds. The first-order chi connectivity index (χ1) is 12.5. The molecule has 9 nitrogen and oxygen atoms in total. The topological polar surface area (TPSA) is 140 Å². The van der Waals surface area contributed by atoms with E-state index < -0.39 is 24.5 Å². The van der Waals surface area contributed by atoms with Crippen molar-refractivity contribution in [2.75, 3.05) is 11.9 Å². The van der Waals surface area contributed by atoms with E-state index in [4.69, 9.17) is 10.2 Å². The van der Waals surface area contributed by atoms with Crippen LogP contribution in [-0.2, 0) is 4.79 Å². The lowest BCUT2D eigenvalue weighted by Gasteiger charge is -2.21. The van der Waals surface area contributed by atoms with Gasteiger partial charge in [0.2, 0.25) is 0 Å². The van der Waals surface area contributed by atoms with Crippen molar-refractivity contribution in [3.05, 3.63) is 18.0 Å². The Morgan fingerprint density at radius 2 is 1.92 bits per heavy atom. The smallest absolute Gasteiger partial charge is 0.328 e. The molecule has 0 unspecified atom stereocenters. The van der Waals surface area contributed by atoms with Crippen molar-refractivity contribution in [1.29, 1.82) is 0 Å². The molecule has 9 heteroatoms. The highest BCUT2D eigenvalue weighted by Crippen LogP contribution is 2.27. The van der Waals surface area contributed by atoms with Crippen LogP contribution in [0.5, 0.6) is 0 Å². The first kappa shape index (κ1) is 19.6. The first-order valence-corrected chi connectivity index (χ1v) is 8.74. The molecule has 26 heavy (non-hydrogen) atoms. The molecule has 0 bridgehead atoms. The highest BCUT2D eigenvalue weighted by Gasteiger charge is 2.24. The van der Waals surface area contributed by atoms with Crippen LogP contribution in [0.2, 0.25) is 0 Å². The van der Waals surface area contributed by atoms with Crippen molar-refractivity contribution >= 4 is 28.6 Å². The maximum absolute atomic E-state index is 12.6. The van der Waals surface area contributed by atoms with E-state index in [0.717, 1.165) is 25.7 Å². The van der Waals surface area contributed by atoms with Crippen LogP contribution in [0.15, 0.2) is 12.4 Å². The molecule has 0 saturated carbocycles. The second kappa shape index (κ2) is 9.14. The van der Waals surface area contributed by atoms with Gasteiger partial charge in [-0.3, -0.25) is 9.89 Å².